The number of amides is 1. The van der Waals surface area contributed by atoms with Gasteiger partial charge in [-0.2, -0.15) is 0 Å². The molecule has 1 amide bonds. The molecule has 3 aromatic rings. The molecule has 3 heterocycles. The zero-order valence-corrected chi connectivity index (χ0v) is 17.3. The second kappa shape index (κ2) is 8.16. The van der Waals surface area contributed by atoms with Gasteiger partial charge in [0.15, 0.2) is 0 Å². The number of carbonyl (C=O) groups excluding carboxylic acids is 1. The first-order valence-corrected chi connectivity index (χ1v) is 10.1. The van der Waals surface area contributed by atoms with E-state index >= 15 is 0 Å². The van der Waals surface area contributed by atoms with Gasteiger partial charge in [0.05, 0.1) is 11.4 Å². The van der Waals surface area contributed by atoms with Crippen molar-refractivity contribution < 1.29 is 4.79 Å². The largest absolute Gasteiger partial charge is 0.398 e. The van der Waals surface area contributed by atoms with Crippen LogP contribution in [0.4, 0.5) is 11.4 Å². The van der Waals surface area contributed by atoms with Gasteiger partial charge >= 0.3 is 0 Å². The fourth-order valence-electron chi connectivity index (χ4n) is 4.15. The number of nitrogen functional groups attached to an aromatic ring is 1. The third-order valence-electron chi connectivity index (χ3n) is 5.52. The lowest BCUT2D eigenvalue weighted by Crippen LogP contribution is -2.25. The molecule has 6 heteroatoms. The van der Waals surface area contributed by atoms with Crippen molar-refractivity contribution in [2.45, 2.75) is 19.9 Å². The zero-order valence-electron chi connectivity index (χ0n) is 17.3. The van der Waals surface area contributed by atoms with E-state index < -0.39 is 0 Å². The van der Waals surface area contributed by atoms with Crippen molar-refractivity contribution in [3.8, 4) is 11.3 Å². The van der Waals surface area contributed by atoms with E-state index in [1.807, 2.05) is 41.4 Å². The molecule has 0 bridgehead atoms. The van der Waals surface area contributed by atoms with Crippen LogP contribution >= 0.6 is 0 Å². The molecule has 2 N–H and O–H groups in total. The van der Waals surface area contributed by atoms with Crippen LogP contribution in [0.3, 0.4) is 0 Å². The number of rotatable bonds is 7. The molecule has 0 aliphatic carbocycles. The summed E-state index contributed by atoms with van der Waals surface area (Å²) in [5.74, 6) is 0.0786. The average Bonchev–Trinajstić information content (AvgIpc) is 3.29. The summed E-state index contributed by atoms with van der Waals surface area (Å²) in [5, 5.41) is 0. The number of benzene rings is 1. The molecular weight excluding hydrogens is 374 g/mol. The minimum atomic E-state index is 0.0786. The second-order valence-corrected chi connectivity index (χ2v) is 7.63. The number of fused-ring (bicyclic) bond motifs is 2. The van der Waals surface area contributed by atoms with Crippen molar-refractivity contribution in [2.24, 2.45) is 0 Å². The number of carbonyl (C=O) groups is 1. The molecule has 0 fully saturated rings. The molecule has 6 nitrogen and oxygen atoms in total. The Morgan fingerprint density at radius 3 is 2.70 bits per heavy atom. The predicted octanol–water partition coefficient (Wildman–Crippen LogP) is 3.67. The average molecular weight is 402 g/mol. The lowest BCUT2D eigenvalue weighted by molar-refractivity contribution is -0.116. The molecule has 0 saturated carbocycles. The third-order valence-corrected chi connectivity index (χ3v) is 5.52. The van der Waals surface area contributed by atoms with E-state index in [1.54, 1.807) is 6.92 Å². The van der Waals surface area contributed by atoms with Crippen LogP contribution in [0.1, 0.15) is 18.2 Å². The Bertz CT molecular complexity index is 1120. The molecule has 0 radical (unpaired) electrons. The highest BCUT2D eigenvalue weighted by atomic mass is 16.2. The fourth-order valence-corrected chi connectivity index (χ4v) is 4.15. The van der Waals surface area contributed by atoms with Crippen molar-refractivity contribution in [3.63, 3.8) is 0 Å². The van der Waals surface area contributed by atoms with Crippen LogP contribution in [-0.4, -0.2) is 39.8 Å². The highest BCUT2D eigenvalue weighted by molar-refractivity contribution is 5.94. The SMILES string of the molecule is C=CCN(CC=C)Cc1c(-c2ccc3c(c2)CCN3C(C)=O)nc2ccc(N)cn12. The first-order chi connectivity index (χ1) is 14.5. The number of hydrogen-bond donors (Lipinski definition) is 1. The zero-order chi connectivity index (χ0) is 21.3. The van der Waals surface area contributed by atoms with E-state index in [9.17, 15) is 4.79 Å². The molecule has 0 unspecified atom stereocenters. The fraction of sp³-hybridized carbons (Fsp3) is 0.250. The molecule has 0 spiro atoms. The minimum absolute atomic E-state index is 0.0786. The Balaban J connectivity index is 1.82. The summed E-state index contributed by atoms with van der Waals surface area (Å²) in [6.45, 7) is 12.3. The summed E-state index contributed by atoms with van der Waals surface area (Å²) in [6, 6.07) is 10.1. The molecule has 0 atom stereocenters. The number of hydrogen-bond acceptors (Lipinski definition) is 4. The maximum Gasteiger partial charge on any atom is 0.223 e. The molecule has 0 saturated heterocycles. The maximum atomic E-state index is 11.9. The van der Waals surface area contributed by atoms with Gasteiger partial charge in [0.1, 0.15) is 5.65 Å². The van der Waals surface area contributed by atoms with Gasteiger partial charge in [0.2, 0.25) is 5.91 Å². The Hall–Kier alpha value is -3.38. The van der Waals surface area contributed by atoms with Crippen molar-refractivity contribution >= 4 is 22.9 Å². The van der Waals surface area contributed by atoms with E-state index in [4.69, 9.17) is 10.7 Å². The van der Waals surface area contributed by atoms with Crippen LogP contribution < -0.4 is 10.6 Å². The Labute approximate surface area is 176 Å². The smallest absolute Gasteiger partial charge is 0.223 e. The summed E-state index contributed by atoms with van der Waals surface area (Å²) >= 11 is 0. The van der Waals surface area contributed by atoms with Crippen molar-refractivity contribution in [1.29, 1.82) is 0 Å². The molecule has 4 rings (SSSR count). The van der Waals surface area contributed by atoms with Gasteiger partial charge in [-0.1, -0.05) is 18.2 Å². The van der Waals surface area contributed by atoms with E-state index in [2.05, 4.69) is 34.6 Å². The predicted molar refractivity (Wildman–Crippen MR) is 122 cm³/mol. The van der Waals surface area contributed by atoms with Crippen LogP contribution in [0.25, 0.3) is 16.9 Å². The van der Waals surface area contributed by atoms with Crippen LogP contribution in [0.2, 0.25) is 0 Å². The number of aromatic nitrogens is 2. The quantitative estimate of drug-likeness (QED) is 0.614. The summed E-state index contributed by atoms with van der Waals surface area (Å²) in [6.07, 6.45) is 6.57. The molecule has 1 aliphatic rings. The first-order valence-electron chi connectivity index (χ1n) is 10.1. The van der Waals surface area contributed by atoms with Crippen molar-refractivity contribution in [2.75, 3.05) is 30.3 Å². The van der Waals surface area contributed by atoms with Crippen LogP contribution in [0, 0.1) is 0 Å². The Kier molecular flexibility index (Phi) is 5.42. The van der Waals surface area contributed by atoms with Gasteiger partial charge in [-0.3, -0.25) is 9.69 Å². The number of imidazole rings is 1. The summed E-state index contributed by atoms with van der Waals surface area (Å²) in [5.41, 5.74) is 12.9. The Morgan fingerprint density at radius 2 is 2.00 bits per heavy atom. The third kappa shape index (κ3) is 3.62. The van der Waals surface area contributed by atoms with Crippen molar-refractivity contribution in [1.82, 2.24) is 14.3 Å². The second-order valence-electron chi connectivity index (χ2n) is 7.63. The van der Waals surface area contributed by atoms with Crippen LogP contribution in [0.5, 0.6) is 0 Å². The van der Waals surface area contributed by atoms with Crippen molar-refractivity contribution in [3.05, 3.63) is 73.1 Å². The topological polar surface area (TPSA) is 66.9 Å². The molecular formula is C24H27N5O. The van der Waals surface area contributed by atoms with E-state index in [-0.39, 0.29) is 5.91 Å². The lowest BCUT2D eigenvalue weighted by atomic mass is 10.0. The highest BCUT2D eigenvalue weighted by Crippen LogP contribution is 2.34. The van der Waals surface area contributed by atoms with Crippen LogP contribution in [0.15, 0.2) is 61.8 Å². The maximum absolute atomic E-state index is 11.9. The number of anilines is 2. The monoisotopic (exact) mass is 401 g/mol. The first kappa shape index (κ1) is 19.9. The Morgan fingerprint density at radius 1 is 1.23 bits per heavy atom. The number of nitrogens with two attached hydrogens (primary N) is 1. The van der Waals surface area contributed by atoms with Gasteiger partial charge in [-0.05, 0) is 36.2 Å². The number of pyridine rings is 1. The molecule has 154 valence electrons. The van der Waals surface area contributed by atoms with Gasteiger partial charge in [-0.25, -0.2) is 4.98 Å². The van der Waals surface area contributed by atoms with E-state index in [1.165, 1.54) is 5.56 Å². The van der Waals surface area contributed by atoms with Gasteiger partial charge < -0.3 is 15.0 Å². The molecule has 1 aromatic carbocycles. The van der Waals surface area contributed by atoms with Crippen LogP contribution in [-0.2, 0) is 17.8 Å². The van der Waals surface area contributed by atoms with Gasteiger partial charge in [0, 0.05) is 56.2 Å². The standard InChI is InChI=1S/C24H27N5O/c1-4-11-27(12-5-2)16-22-24(26-23-9-7-20(25)15-29(22)23)19-6-8-21-18(14-19)10-13-28(21)17(3)30/h4-9,14-15H,1-2,10-13,16,25H2,3H3. The number of nitrogens with zero attached hydrogens (tertiary/aromatic N) is 4. The summed E-state index contributed by atoms with van der Waals surface area (Å²) in [7, 11) is 0. The molecule has 30 heavy (non-hydrogen) atoms. The van der Waals surface area contributed by atoms with E-state index in [0.29, 0.717) is 12.2 Å². The lowest BCUT2D eigenvalue weighted by Gasteiger charge is -2.19. The van der Waals surface area contributed by atoms with E-state index in [0.717, 1.165) is 54.3 Å². The minimum Gasteiger partial charge on any atom is -0.398 e. The molecule has 1 aliphatic heterocycles. The van der Waals surface area contributed by atoms with Gasteiger partial charge in [-0.15, -0.1) is 13.2 Å². The summed E-state index contributed by atoms with van der Waals surface area (Å²) < 4.78 is 2.07. The molecule has 2 aromatic heterocycles. The normalized spacial score (nSPS) is 13.1. The highest BCUT2D eigenvalue weighted by Gasteiger charge is 2.24. The summed E-state index contributed by atoms with van der Waals surface area (Å²) in [4.78, 5) is 20.9. The van der Waals surface area contributed by atoms with Gasteiger partial charge in [0.25, 0.3) is 0 Å².